The van der Waals surface area contributed by atoms with Crippen molar-refractivity contribution in [2.75, 3.05) is 0 Å². The molecule has 0 aromatic carbocycles. The zero-order chi connectivity index (χ0) is 8.36. The fourth-order valence-corrected chi connectivity index (χ4v) is 0.542. The van der Waals surface area contributed by atoms with E-state index in [1.807, 2.05) is 0 Å². The molecule has 0 heterocycles. The third-order valence-corrected chi connectivity index (χ3v) is 0.915. The Morgan fingerprint density at radius 3 is 1.69 bits per heavy atom. The minimum absolute atomic E-state index is 0. The maximum atomic E-state index is 9.87. The zero-order valence-corrected chi connectivity index (χ0v) is 14.6. The van der Waals surface area contributed by atoms with E-state index < -0.39 is 19.6 Å². The topological polar surface area (TPSA) is 107 Å². The van der Waals surface area contributed by atoms with Crippen molar-refractivity contribution in [1.29, 1.82) is 0 Å². The molecule has 0 rings (SSSR count). The number of carboxylic acid groups (broad SMARTS) is 1. The van der Waals surface area contributed by atoms with Gasteiger partial charge in [0.1, 0.15) is 11.7 Å². The van der Waals surface area contributed by atoms with Gasteiger partial charge in [-0.3, -0.25) is 9.79 Å². The number of aliphatic carboxylic acids is 1. The van der Waals surface area contributed by atoms with Gasteiger partial charge in [-0.25, -0.2) is 4.57 Å². The Labute approximate surface area is 141 Å². The molecule has 6 nitrogen and oxygen atoms in total. The molecule has 2 N–H and O–H groups in total. The minimum Gasteiger partial charge on any atom is -0.542 e. The van der Waals surface area contributed by atoms with Crippen LogP contribution in [-0.4, -0.2) is 15.8 Å². The summed E-state index contributed by atoms with van der Waals surface area (Å²) in [7, 11) is -4.80. The van der Waals surface area contributed by atoms with Crippen LogP contribution in [0.4, 0.5) is 0 Å². The van der Waals surface area contributed by atoms with Crippen LogP contribution in [0, 0.1) is 0 Å². The quantitative estimate of drug-likeness (QED) is 0.218. The maximum Gasteiger partial charge on any atom is 1.00 e. The fourth-order valence-electron chi connectivity index (χ4n) is 0.181. The van der Waals surface area contributed by atoms with Crippen molar-refractivity contribution in [3.05, 3.63) is 12.3 Å². The van der Waals surface area contributed by atoms with Gasteiger partial charge in [0, 0.05) is 0 Å². The summed E-state index contributed by atoms with van der Waals surface area (Å²) in [4.78, 5) is 25.6. The number of hydrogen-bond acceptors (Lipinski definition) is 4. The van der Waals surface area contributed by atoms with Crippen LogP contribution >= 0.6 is 7.82 Å². The Morgan fingerprint density at radius 2 is 1.62 bits per heavy atom. The summed E-state index contributed by atoms with van der Waals surface area (Å²) in [6.45, 7) is 2.66. The summed E-state index contributed by atoms with van der Waals surface area (Å²) in [6, 6.07) is 0. The van der Waals surface area contributed by atoms with Crippen LogP contribution in [0.15, 0.2) is 12.3 Å². The predicted molar refractivity (Wildman–Crippen MR) is 27.3 cm³/mol. The maximum absolute atomic E-state index is 9.87. The van der Waals surface area contributed by atoms with Gasteiger partial charge < -0.3 is 14.4 Å². The molecule has 0 aromatic heterocycles. The summed E-state index contributed by atoms with van der Waals surface area (Å²) in [5.74, 6) is -2.95. The van der Waals surface area contributed by atoms with Gasteiger partial charge in [0.2, 0.25) is 0 Å². The van der Waals surface area contributed by atoms with Crippen molar-refractivity contribution < 1.29 is 117 Å². The van der Waals surface area contributed by atoms with Crippen molar-refractivity contribution >= 4 is 13.8 Å². The molecule has 58 valence electrons. The first kappa shape index (κ1) is 24.4. The monoisotopic (exact) mass is 236 g/mol. The van der Waals surface area contributed by atoms with Gasteiger partial charge in [-0.2, -0.15) is 0 Å². The van der Waals surface area contributed by atoms with Crippen molar-refractivity contribution in [3.63, 3.8) is 0 Å². The van der Waals surface area contributed by atoms with Crippen molar-refractivity contribution in [2.45, 2.75) is 0 Å². The van der Waals surface area contributed by atoms with Gasteiger partial charge in [0.15, 0.2) is 0 Å². The van der Waals surface area contributed by atoms with Gasteiger partial charge in [0.25, 0.3) is 0 Å². The SMILES string of the molecule is C=C(OP(=O)(O)O)C(=O)[O-].[Na+].[Na+].[Na+]. The predicted octanol–water partition coefficient (Wildman–Crippen LogP) is -10.6. The molecule has 0 spiro atoms. The van der Waals surface area contributed by atoms with Gasteiger partial charge >= 0.3 is 96.5 Å². The molecule has 0 atom stereocenters. The van der Waals surface area contributed by atoms with Gasteiger partial charge in [-0.1, -0.05) is 6.58 Å². The zero-order valence-electron chi connectivity index (χ0n) is 7.68. The molecule has 0 saturated carbocycles. The van der Waals surface area contributed by atoms with E-state index in [1.165, 1.54) is 0 Å². The van der Waals surface area contributed by atoms with Crippen LogP contribution in [0.1, 0.15) is 0 Å². The number of hydrogen-bond donors (Lipinski definition) is 2. The Kier molecular flexibility index (Phi) is 20.0. The molecule has 0 aromatic rings. The normalized spacial score (nSPS) is 8.15. The molecule has 0 fully saturated rings. The summed E-state index contributed by atoms with van der Waals surface area (Å²) in [6.07, 6.45) is 0. The molecule has 0 aliphatic carbocycles. The molecule has 10 heteroatoms. The van der Waals surface area contributed by atoms with Crippen LogP contribution in [0.3, 0.4) is 0 Å². The first-order valence-corrected chi connectivity index (χ1v) is 3.51. The van der Waals surface area contributed by atoms with Crippen LogP contribution in [0.2, 0.25) is 0 Å². The number of phosphoric ester groups is 1. The first-order chi connectivity index (χ1) is 4.33. The van der Waals surface area contributed by atoms with E-state index in [4.69, 9.17) is 9.79 Å². The average Bonchev–Trinajstić information content (AvgIpc) is 1.60. The van der Waals surface area contributed by atoms with Gasteiger partial charge in [-0.05, 0) is 0 Å². The summed E-state index contributed by atoms with van der Waals surface area (Å²) in [5, 5.41) is 9.70. The second-order valence-corrected chi connectivity index (χ2v) is 2.46. The molecule has 0 amide bonds. The standard InChI is InChI=1S/C3H5O6P.3Na/c1-2(3(4)5)9-10(6,7)8;;;/h1H2,(H,4,5)(H2,6,7,8);;;/q;3*+1/p-1. The molecule has 0 bridgehead atoms. The van der Waals surface area contributed by atoms with Gasteiger partial charge in [0.05, 0.1) is 0 Å². The van der Waals surface area contributed by atoms with E-state index >= 15 is 0 Å². The molecular weight excluding hydrogens is 232 g/mol. The smallest absolute Gasteiger partial charge is 0.542 e. The largest absolute Gasteiger partial charge is 1.00 e. The van der Waals surface area contributed by atoms with E-state index in [2.05, 4.69) is 11.1 Å². The Bertz CT molecular complexity index is 211. The Balaban J connectivity index is -0.000000135. The van der Waals surface area contributed by atoms with E-state index in [-0.39, 0.29) is 88.7 Å². The van der Waals surface area contributed by atoms with Crippen molar-refractivity contribution in [1.82, 2.24) is 0 Å². The molecule has 0 radical (unpaired) electrons. The molecule has 0 saturated heterocycles. The van der Waals surface area contributed by atoms with E-state index in [9.17, 15) is 14.5 Å². The number of carbonyl (C=O) groups is 1. The average molecular weight is 236 g/mol. The molecule has 0 aliphatic heterocycles. The van der Waals surface area contributed by atoms with E-state index in [0.717, 1.165) is 0 Å². The number of carboxylic acids is 1. The van der Waals surface area contributed by atoms with E-state index in [1.54, 1.807) is 0 Å². The summed E-state index contributed by atoms with van der Waals surface area (Å²) >= 11 is 0. The number of carbonyl (C=O) groups excluding carboxylic acids is 1. The van der Waals surface area contributed by atoms with Crippen LogP contribution in [-0.2, 0) is 13.9 Å². The second-order valence-electron chi connectivity index (χ2n) is 1.29. The van der Waals surface area contributed by atoms with Crippen LogP contribution < -0.4 is 93.8 Å². The molecule has 0 aliphatic rings. The summed E-state index contributed by atoms with van der Waals surface area (Å²) in [5.41, 5.74) is 0. The fraction of sp³-hybridized carbons (Fsp3) is 0. The molecule has 0 unspecified atom stereocenters. The molecular formula is C3H4Na3O6P+2. The Morgan fingerprint density at radius 1 is 1.31 bits per heavy atom. The summed E-state index contributed by atoms with van der Waals surface area (Å²) < 4.78 is 13.4. The Hall–Kier alpha value is 2.16. The minimum atomic E-state index is -4.80. The van der Waals surface area contributed by atoms with Crippen LogP contribution in [0.25, 0.3) is 0 Å². The van der Waals surface area contributed by atoms with Crippen molar-refractivity contribution in [2.24, 2.45) is 0 Å². The van der Waals surface area contributed by atoms with E-state index in [0.29, 0.717) is 0 Å². The third-order valence-electron chi connectivity index (χ3n) is 0.457. The number of rotatable bonds is 3. The first-order valence-electron chi connectivity index (χ1n) is 1.98. The number of phosphoric acid groups is 1. The second kappa shape index (κ2) is 10.7. The third kappa shape index (κ3) is 16.8. The van der Waals surface area contributed by atoms with Crippen LogP contribution in [0.5, 0.6) is 0 Å². The van der Waals surface area contributed by atoms with Gasteiger partial charge in [-0.15, -0.1) is 0 Å². The van der Waals surface area contributed by atoms with Crippen molar-refractivity contribution in [3.8, 4) is 0 Å². The molecule has 13 heavy (non-hydrogen) atoms.